The second kappa shape index (κ2) is 5.35. The molecule has 0 amide bonds. The van der Waals surface area contributed by atoms with E-state index >= 15 is 0 Å². The van der Waals surface area contributed by atoms with Gasteiger partial charge in [0.25, 0.3) is 0 Å². The van der Waals surface area contributed by atoms with Crippen LogP contribution in [0.15, 0.2) is 0 Å². The zero-order valence-electron chi connectivity index (χ0n) is 8.60. The first-order chi connectivity index (χ1) is 6.24. The number of rotatable bonds is 4. The highest BCUT2D eigenvalue weighted by Gasteiger charge is 2.19. The van der Waals surface area contributed by atoms with E-state index < -0.39 is 0 Å². The molecule has 3 heteroatoms. The first kappa shape index (κ1) is 10.7. The number of hydrogen-bond donors (Lipinski definition) is 2. The molecule has 1 aliphatic heterocycles. The van der Waals surface area contributed by atoms with Crippen molar-refractivity contribution >= 4 is 5.78 Å². The van der Waals surface area contributed by atoms with Crippen LogP contribution in [0, 0.1) is 0 Å². The molecule has 0 aromatic rings. The van der Waals surface area contributed by atoms with Gasteiger partial charge in [-0.15, -0.1) is 0 Å². The molecule has 13 heavy (non-hydrogen) atoms. The quantitative estimate of drug-likeness (QED) is 0.675. The number of Topliss-reactive ketones (excluding diaryl/α,β-unsaturated/α-hetero) is 1. The van der Waals surface area contributed by atoms with Crippen LogP contribution in [0.1, 0.15) is 32.6 Å². The summed E-state index contributed by atoms with van der Waals surface area (Å²) >= 11 is 0. The van der Waals surface area contributed by atoms with E-state index in [1.165, 1.54) is 19.3 Å². The molecule has 0 spiro atoms. The van der Waals surface area contributed by atoms with Crippen molar-refractivity contribution < 1.29 is 4.79 Å². The summed E-state index contributed by atoms with van der Waals surface area (Å²) in [7, 11) is 1.86. The van der Waals surface area contributed by atoms with Crippen LogP contribution in [0.5, 0.6) is 0 Å². The van der Waals surface area contributed by atoms with Gasteiger partial charge in [-0.25, -0.2) is 0 Å². The molecular formula is C10H20N2O. The number of carbonyl (C=O) groups is 1. The van der Waals surface area contributed by atoms with E-state index in [2.05, 4.69) is 10.6 Å². The predicted molar refractivity (Wildman–Crippen MR) is 53.8 cm³/mol. The predicted octanol–water partition coefficient (Wildman–Crippen LogP) is 0.696. The fraction of sp³-hybridized carbons (Fsp3) is 0.900. The molecule has 0 aromatic heterocycles. The SMILES string of the molecule is CNC(CC1CCCCN1)C(C)=O. The average Bonchev–Trinajstić information content (AvgIpc) is 2.15. The zero-order chi connectivity index (χ0) is 9.68. The molecule has 1 aliphatic rings. The zero-order valence-corrected chi connectivity index (χ0v) is 8.60. The van der Waals surface area contributed by atoms with Crippen LogP contribution >= 0.6 is 0 Å². The largest absolute Gasteiger partial charge is 0.314 e. The molecule has 2 N–H and O–H groups in total. The molecule has 0 saturated carbocycles. The Hall–Kier alpha value is -0.410. The van der Waals surface area contributed by atoms with Crippen LogP contribution in [0.3, 0.4) is 0 Å². The van der Waals surface area contributed by atoms with Gasteiger partial charge in [-0.3, -0.25) is 4.79 Å². The lowest BCUT2D eigenvalue weighted by atomic mass is 9.96. The number of hydrogen-bond acceptors (Lipinski definition) is 3. The summed E-state index contributed by atoms with van der Waals surface area (Å²) in [5, 5.41) is 6.51. The van der Waals surface area contributed by atoms with Gasteiger partial charge in [0, 0.05) is 6.04 Å². The Morgan fingerprint density at radius 1 is 1.62 bits per heavy atom. The van der Waals surface area contributed by atoms with Crippen LogP contribution in [-0.4, -0.2) is 31.5 Å². The molecule has 76 valence electrons. The Labute approximate surface area is 80.3 Å². The Morgan fingerprint density at radius 3 is 2.85 bits per heavy atom. The maximum absolute atomic E-state index is 11.2. The van der Waals surface area contributed by atoms with Crippen molar-refractivity contribution in [1.82, 2.24) is 10.6 Å². The van der Waals surface area contributed by atoms with Crippen molar-refractivity contribution in [2.75, 3.05) is 13.6 Å². The first-order valence-electron chi connectivity index (χ1n) is 5.15. The van der Waals surface area contributed by atoms with Crippen molar-refractivity contribution in [3.63, 3.8) is 0 Å². The summed E-state index contributed by atoms with van der Waals surface area (Å²) < 4.78 is 0. The minimum absolute atomic E-state index is 0.0376. The number of ketones is 1. The van der Waals surface area contributed by atoms with Crippen molar-refractivity contribution in [1.29, 1.82) is 0 Å². The van der Waals surface area contributed by atoms with E-state index in [0.717, 1.165) is 13.0 Å². The lowest BCUT2D eigenvalue weighted by molar-refractivity contribution is -0.119. The Morgan fingerprint density at radius 2 is 2.38 bits per heavy atom. The van der Waals surface area contributed by atoms with Crippen molar-refractivity contribution in [2.24, 2.45) is 0 Å². The highest BCUT2D eigenvalue weighted by molar-refractivity contribution is 5.81. The average molecular weight is 184 g/mol. The van der Waals surface area contributed by atoms with Crippen molar-refractivity contribution in [2.45, 2.75) is 44.7 Å². The van der Waals surface area contributed by atoms with E-state index in [0.29, 0.717) is 6.04 Å². The smallest absolute Gasteiger partial charge is 0.146 e. The fourth-order valence-corrected chi connectivity index (χ4v) is 1.90. The van der Waals surface area contributed by atoms with E-state index in [1.807, 2.05) is 7.05 Å². The number of carbonyl (C=O) groups excluding carboxylic acids is 1. The van der Waals surface area contributed by atoms with Gasteiger partial charge in [0.15, 0.2) is 0 Å². The van der Waals surface area contributed by atoms with Crippen LogP contribution < -0.4 is 10.6 Å². The van der Waals surface area contributed by atoms with E-state index in [-0.39, 0.29) is 11.8 Å². The molecule has 1 rings (SSSR count). The van der Waals surface area contributed by atoms with Gasteiger partial charge in [0.2, 0.25) is 0 Å². The lowest BCUT2D eigenvalue weighted by Gasteiger charge is -2.26. The summed E-state index contributed by atoms with van der Waals surface area (Å²) in [4.78, 5) is 11.2. The van der Waals surface area contributed by atoms with Gasteiger partial charge in [-0.1, -0.05) is 6.42 Å². The standard InChI is InChI=1S/C10H20N2O/c1-8(13)10(11-2)7-9-5-3-4-6-12-9/h9-12H,3-7H2,1-2H3. The van der Waals surface area contributed by atoms with Crippen LogP contribution in [0.2, 0.25) is 0 Å². The maximum Gasteiger partial charge on any atom is 0.146 e. The third kappa shape index (κ3) is 3.44. The van der Waals surface area contributed by atoms with Gasteiger partial charge in [0.05, 0.1) is 6.04 Å². The molecule has 1 fully saturated rings. The summed E-state index contributed by atoms with van der Waals surface area (Å²) in [5.41, 5.74) is 0. The Kier molecular flexibility index (Phi) is 4.39. The monoisotopic (exact) mass is 184 g/mol. The van der Waals surface area contributed by atoms with Gasteiger partial charge in [0.1, 0.15) is 5.78 Å². The minimum atomic E-state index is 0.0376. The second-order valence-corrected chi connectivity index (χ2v) is 3.83. The number of nitrogens with one attached hydrogen (secondary N) is 2. The summed E-state index contributed by atoms with van der Waals surface area (Å²) in [5.74, 6) is 0.245. The highest BCUT2D eigenvalue weighted by atomic mass is 16.1. The molecule has 1 heterocycles. The van der Waals surface area contributed by atoms with E-state index in [4.69, 9.17) is 0 Å². The third-order valence-electron chi connectivity index (χ3n) is 2.77. The molecule has 1 saturated heterocycles. The minimum Gasteiger partial charge on any atom is -0.314 e. The summed E-state index contributed by atoms with van der Waals surface area (Å²) in [6.45, 7) is 2.77. The first-order valence-corrected chi connectivity index (χ1v) is 5.15. The summed E-state index contributed by atoms with van der Waals surface area (Å²) in [6, 6.07) is 0.575. The highest BCUT2D eigenvalue weighted by Crippen LogP contribution is 2.12. The number of piperidine rings is 1. The second-order valence-electron chi connectivity index (χ2n) is 3.83. The lowest BCUT2D eigenvalue weighted by Crippen LogP contribution is -2.42. The van der Waals surface area contributed by atoms with Gasteiger partial charge in [-0.2, -0.15) is 0 Å². The molecule has 0 aliphatic carbocycles. The van der Waals surface area contributed by atoms with Crippen LogP contribution in [-0.2, 0) is 4.79 Å². The van der Waals surface area contributed by atoms with E-state index in [9.17, 15) is 4.79 Å². The van der Waals surface area contributed by atoms with Gasteiger partial charge >= 0.3 is 0 Å². The van der Waals surface area contributed by atoms with E-state index in [1.54, 1.807) is 6.92 Å². The number of likely N-dealkylation sites (N-methyl/N-ethyl adjacent to an activating group) is 1. The fourth-order valence-electron chi connectivity index (χ4n) is 1.90. The third-order valence-corrected chi connectivity index (χ3v) is 2.77. The molecule has 0 bridgehead atoms. The van der Waals surface area contributed by atoms with Crippen molar-refractivity contribution in [3.8, 4) is 0 Å². The Balaban J connectivity index is 2.31. The molecule has 3 nitrogen and oxygen atoms in total. The molecule has 2 unspecified atom stereocenters. The topological polar surface area (TPSA) is 41.1 Å². The summed E-state index contributed by atoms with van der Waals surface area (Å²) in [6.07, 6.45) is 4.73. The maximum atomic E-state index is 11.2. The normalized spacial score (nSPS) is 25.5. The molecule has 0 radical (unpaired) electrons. The molecule has 0 aromatic carbocycles. The van der Waals surface area contributed by atoms with Crippen LogP contribution in [0.25, 0.3) is 0 Å². The van der Waals surface area contributed by atoms with Gasteiger partial charge in [-0.05, 0) is 39.8 Å². The Bertz CT molecular complexity index is 164. The molecule has 2 atom stereocenters. The van der Waals surface area contributed by atoms with Gasteiger partial charge < -0.3 is 10.6 Å². The molecular weight excluding hydrogens is 164 g/mol. The van der Waals surface area contributed by atoms with Crippen molar-refractivity contribution in [3.05, 3.63) is 0 Å². The van der Waals surface area contributed by atoms with Crippen LogP contribution in [0.4, 0.5) is 0 Å².